The molecule has 0 radical (unpaired) electrons. The van der Waals surface area contributed by atoms with Gasteiger partial charge >= 0.3 is 0 Å². The summed E-state index contributed by atoms with van der Waals surface area (Å²) in [7, 11) is 0. The van der Waals surface area contributed by atoms with E-state index in [-0.39, 0.29) is 11.3 Å². The molecule has 7 rings (SSSR count). The number of hydrogen-bond donors (Lipinski definition) is 1. The van der Waals surface area contributed by atoms with Crippen LogP contribution in [0.2, 0.25) is 0 Å². The maximum Gasteiger partial charge on any atom is 0.227 e. The number of oxazole rings is 1. The van der Waals surface area contributed by atoms with Crippen molar-refractivity contribution in [2.45, 2.75) is 51.9 Å². The van der Waals surface area contributed by atoms with Crippen molar-refractivity contribution in [3.05, 3.63) is 48.0 Å². The zero-order valence-corrected chi connectivity index (χ0v) is 17.5. The van der Waals surface area contributed by atoms with Crippen LogP contribution in [0.25, 0.3) is 22.6 Å². The minimum absolute atomic E-state index is 0.162. The zero-order chi connectivity index (χ0) is 20.3. The van der Waals surface area contributed by atoms with Gasteiger partial charge in [-0.25, -0.2) is 4.98 Å². The second-order valence-electron chi connectivity index (χ2n) is 10.2. The normalized spacial score (nSPS) is 29.4. The number of nitrogens with one attached hydrogen (secondary N) is 1. The third-order valence-corrected chi connectivity index (χ3v) is 7.75. The van der Waals surface area contributed by atoms with Crippen molar-refractivity contribution in [3.63, 3.8) is 0 Å². The van der Waals surface area contributed by atoms with E-state index in [0.29, 0.717) is 12.3 Å². The number of aromatic nitrogens is 1. The molecule has 1 amide bonds. The lowest BCUT2D eigenvalue weighted by atomic mass is 9.49. The number of hydrogen-bond acceptors (Lipinski definition) is 3. The number of amides is 1. The fraction of sp³-hybridized carbons (Fsp3) is 0.462. The van der Waals surface area contributed by atoms with Crippen LogP contribution in [0, 0.1) is 30.1 Å². The lowest BCUT2D eigenvalue weighted by Crippen LogP contribution is -2.47. The molecule has 1 N–H and O–H groups in total. The molecule has 4 fully saturated rings. The van der Waals surface area contributed by atoms with Crippen LogP contribution >= 0.6 is 0 Å². The Morgan fingerprint density at radius 1 is 1.07 bits per heavy atom. The van der Waals surface area contributed by atoms with E-state index in [2.05, 4.69) is 10.3 Å². The molecule has 3 aromatic rings. The third-order valence-electron chi connectivity index (χ3n) is 7.75. The number of para-hydroxylation sites is 2. The minimum Gasteiger partial charge on any atom is -0.436 e. The van der Waals surface area contributed by atoms with Crippen molar-refractivity contribution >= 4 is 22.7 Å². The van der Waals surface area contributed by atoms with Crippen LogP contribution in [-0.4, -0.2) is 10.9 Å². The molecule has 0 saturated heterocycles. The minimum atomic E-state index is 0.162. The van der Waals surface area contributed by atoms with Gasteiger partial charge in [0.2, 0.25) is 11.8 Å². The summed E-state index contributed by atoms with van der Waals surface area (Å²) < 4.78 is 5.92. The molecule has 1 aromatic heterocycles. The smallest absolute Gasteiger partial charge is 0.227 e. The fourth-order valence-corrected chi connectivity index (χ4v) is 6.93. The monoisotopic (exact) mass is 400 g/mol. The van der Waals surface area contributed by atoms with Crippen LogP contribution in [0.4, 0.5) is 5.69 Å². The Kier molecular flexibility index (Phi) is 4.06. The average Bonchev–Trinajstić information content (AvgIpc) is 3.12. The van der Waals surface area contributed by atoms with Gasteiger partial charge in [-0.05, 0) is 98.4 Å². The number of carbonyl (C=O) groups excluding carboxylic acids is 1. The van der Waals surface area contributed by atoms with E-state index in [9.17, 15) is 4.79 Å². The molecule has 0 unspecified atom stereocenters. The van der Waals surface area contributed by atoms with Gasteiger partial charge < -0.3 is 9.73 Å². The molecule has 0 aliphatic heterocycles. The summed E-state index contributed by atoms with van der Waals surface area (Å²) in [6, 6.07) is 13.8. The maximum absolute atomic E-state index is 13.1. The molecule has 4 saturated carbocycles. The highest BCUT2D eigenvalue weighted by molar-refractivity contribution is 5.92. The fourth-order valence-electron chi connectivity index (χ4n) is 6.93. The van der Waals surface area contributed by atoms with Gasteiger partial charge in [0.15, 0.2) is 5.58 Å². The molecule has 4 bridgehead atoms. The van der Waals surface area contributed by atoms with Gasteiger partial charge in [-0.2, -0.15) is 0 Å². The molecule has 4 heteroatoms. The van der Waals surface area contributed by atoms with E-state index in [1.54, 1.807) is 0 Å². The topological polar surface area (TPSA) is 55.1 Å². The second-order valence-corrected chi connectivity index (χ2v) is 10.2. The van der Waals surface area contributed by atoms with Gasteiger partial charge in [-0.3, -0.25) is 4.79 Å². The summed E-state index contributed by atoms with van der Waals surface area (Å²) in [5, 5.41) is 3.22. The average molecular weight is 401 g/mol. The largest absolute Gasteiger partial charge is 0.436 e. The van der Waals surface area contributed by atoms with E-state index < -0.39 is 0 Å². The van der Waals surface area contributed by atoms with Gasteiger partial charge in [-0.1, -0.05) is 18.2 Å². The van der Waals surface area contributed by atoms with Gasteiger partial charge in [0, 0.05) is 17.7 Å². The predicted molar refractivity (Wildman–Crippen MR) is 118 cm³/mol. The van der Waals surface area contributed by atoms with Crippen molar-refractivity contribution in [2.24, 2.45) is 23.2 Å². The van der Waals surface area contributed by atoms with E-state index in [4.69, 9.17) is 4.42 Å². The Hall–Kier alpha value is -2.62. The van der Waals surface area contributed by atoms with Crippen LogP contribution in [-0.2, 0) is 4.79 Å². The van der Waals surface area contributed by atoms with Gasteiger partial charge in [-0.15, -0.1) is 0 Å². The molecule has 2 aromatic carbocycles. The maximum atomic E-state index is 13.1. The Bertz CT molecular complexity index is 1060. The molecule has 154 valence electrons. The highest BCUT2D eigenvalue weighted by atomic mass is 16.3. The highest BCUT2D eigenvalue weighted by Crippen LogP contribution is 2.61. The number of fused-ring (bicyclic) bond motifs is 1. The predicted octanol–water partition coefficient (Wildman–Crippen LogP) is 6.35. The molecular formula is C26H28N2O2. The Labute approximate surface area is 177 Å². The first kappa shape index (κ1) is 18.2. The first-order chi connectivity index (χ1) is 14.6. The van der Waals surface area contributed by atoms with Gasteiger partial charge in [0.25, 0.3) is 0 Å². The van der Waals surface area contributed by atoms with Crippen LogP contribution in [0.1, 0.15) is 50.5 Å². The Balaban J connectivity index is 1.22. The van der Waals surface area contributed by atoms with E-state index in [0.717, 1.165) is 45.7 Å². The number of benzene rings is 2. The van der Waals surface area contributed by atoms with Crippen molar-refractivity contribution in [1.29, 1.82) is 0 Å². The molecule has 0 spiro atoms. The van der Waals surface area contributed by atoms with Crippen LogP contribution in [0.3, 0.4) is 0 Å². The Morgan fingerprint density at radius 2 is 1.77 bits per heavy atom. The number of anilines is 1. The lowest BCUT2D eigenvalue weighted by Gasteiger charge is -2.56. The molecular weight excluding hydrogens is 372 g/mol. The molecule has 1 heterocycles. The first-order valence-corrected chi connectivity index (χ1v) is 11.3. The van der Waals surface area contributed by atoms with Crippen LogP contribution < -0.4 is 5.32 Å². The van der Waals surface area contributed by atoms with E-state index >= 15 is 0 Å². The summed E-state index contributed by atoms with van der Waals surface area (Å²) in [5.41, 5.74) is 4.70. The number of aryl methyl sites for hydroxylation is 1. The van der Waals surface area contributed by atoms with Gasteiger partial charge in [0.1, 0.15) is 5.52 Å². The Morgan fingerprint density at radius 3 is 2.47 bits per heavy atom. The number of nitrogens with zero attached hydrogens (tertiary/aromatic N) is 1. The zero-order valence-electron chi connectivity index (χ0n) is 17.5. The van der Waals surface area contributed by atoms with Gasteiger partial charge in [0.05, 0.1) is 0 Å². The summed E-state index contributed by atoms with van der Waals surface area (Å²) in [4.78, 5) is 17.7. The third kappa shape index (κ3) is 3.13. The van der Waals surface area contributed by atoms with Crippen molar-refractivity contribution in [3.8, 4) is 11.5 Å². The number of rotatable bonds is 4. The highest BCUT2D eigenvalue weighted by Gasteiger charge is 2.51. The molecule has 4 aliphatic carbocycles. The summed E-state index contributed by atoms with van der Waals surface area (Å²) in [6.45, 7) is 2.04. The summed E-state index contributed by atoms with van der Waals surface area (Å²) in [6.07, 6.45) is 8.67. The first-order valence-electron chi connectivity index (χ1n) is 11.3. The van der Waals surface area contributed by atoms with Crippen LogP contribution in [0.5, 0.6) is 0 Å². The summed E-state index contributed by atoms with van der Waals surface area (Å²) in [5.74, 6) is 3.36. The molecule has 4 aliphatic rings. The quantitative estimate of drug-likeness (QED) is 0.555. The van der Waals surface area contributed by atoms with Crippen molar-refractivity contribution in [1.82, 2.24) is 4.98 Å². The SMILES string of the molecule is Cc1ccc(-c2nc3ccccc3o2)cc1NC(=O)CC12CC3CC(CC(C3)C1)C2. The second kappa shape index (κ2) is 6.69. The molecule has 30 heavy (non-hydrogen) atoms. The van der Waals surface area contributed by atoms with Crippen molar-refractivity contribution in [2.75, 3.05) is 5.32 Å². The summed E-state index contributed by atoms with van der Waals surface area (Å²) >= 11 is 0. The van der Waals surface area contributed by atoms with E-state index in [1.807, 2.05) is 49.4 Å². The van der Waals surface area contributed by atoms with E-state index in [1.165, 1.54) is 38.5 Å². The molecule has 0 atom stereocenters. The van der Waals surface area contributed by atoms with Crippen molar-refractivity contribution < 1.29 is 9.21 Å². The van der Waals surface area contributed by atoms with Crippen LogP contribution in [0.15, 0.2) is 46.9 Å². The standard InChI is InChI=1S/C26H28N2O2/c1-16-6-7-20(25-28-21-4-2-3-5-23(21)30-25)11-22(16)27-24(29)15-26-12-17-8-18(13-26)10-19(9-17)14-26/h2-7,11,17-19H,8-10,12-15H2,1H3,(H,27,29). The lowest BCUT2D eigenvalue weighted by molar-refractivity contribution is -0.124. The number of carbonyl (C=O) groups is 1. The molecule has 4 nitrogen and oxygen atoms in total.